The number of carbonyl (C=O) groups excluding carboxylic acids is 1. The summed E-state index contributed by atoms with van der Waals surface area (Å²) in [7, 11) is 0. The number of piperidine rings is 1. The topological polar surface area (TPSA) is 45.7 Å². The Morgan fingerprint density at radius 1 is 1.27 bits per heavy atom. The molecule has 1 aromatic rings. The van der Waals surface area contributed by atoms with Crippen molar-refractivity contribution in [3.05, 3.63) is 30.1 Å². The van der Waals surface area contributed by atoms with E-state index < -0.39 is 0 Å². The van der Waals surface area contributed by atoms with E-state index in [0.717, 1.165) is 44.5 Å². The molecule has 0 N–H and O–H groups in total. The summed E-state index contributed by atoms with van der Waals surface area (Å²) >= 11 is 0. The maximum Gasteiger partial charge on any atom is 0.228 e. The first-order chi connectivity index (χ1) is 12.7. The van der Waals surface area contributed by atoms with Gasteiger partial charge >= 0.3 is 0 Å². The van der Waals surface area contributed by atoms with Crippen molar-refractivity contribution in [3.8, 4) is 0 Å². The number of amides is 1. The second kappa shape index (κ2) is 7.65. The molecule has 0 bridgehead atoms. The third-order valence-electron chi connectivity index (χ3n) is 6.26. The number of hydrogen-bond donors (Lipinski definition) is 0. The van der Waals surface area contributed by atoms with Crippen LogP contribution in [0.4, 0.5) is 0 Å². The Labute approximate surface area is 156 Å². The van der Waals surface area contributed by atoms with Crippen molar-refractivity contribution in [2.24, 2.45) is 11.8 Å². The summed E-state index contributed by atoms with van der Waals surface area (Å²) in [5.74, 6) is 1.75. The van der Waals surface area contributed by atoms with Gasteiger partial charge in [0, 0.05) is 44.7 Å². The Morgan fingerprint density at radius 2 is 2.12 bits per heavy atom. The average Bonchev–Trinajstić information content (AvgIpc) is 3.44. The predicted octanol–water partition coefficient (Wildman–Crippen LogP) is 2.36. The van der Waals surface area contributed by atoms with Gasteiger partial charge < -0.3 is 9.64 Å². The zero-order valence-corrected chi connectivity index (χ0v) is 15.9. The molecule has 1 aliphatic carbocycles. The van der Waals surface area contributed by atoms with E-state index in [9.17, 15) is 4.79 Å². The molecule has 2 saturated heterocycles. The third-order valence-corrected chi connectivity index (χ3v) is 6.26. The van der Waals surface area contributed by atoms with E-state index in [1.165, 1.54) is 32.2 Å². The standard InChI is InChI=1S/C21H31N3O2/c1-2-26-14-18-8-10-24(13-17-6-7-17)21(12-18)15-23(16-21)20(25)11-19-5-3-4-9-22-19/h3-5,9,17-18H,2,6-8,10-16H2,1H3/t18-/m0/s1. The molecule has 2 aliphatic heterocycles. The predicted molar refractivity (Wildman–Crippen MR) is 101 cm³/mol. The van der Waals surface area contributed by atoms with Crippen LogP contribution in [-0.4, -0.2) is 65.6 Å². The van der Waals surface area contributed by atoms with E-state index in [2.05, 4.69) is 16.8 Å². The van der Waals surface area contributed by atoms with Crippen LogP contribution in [0.1, 0.15) is 38.3 Å². The zero-order valence-electron chi connectivity index (χ0n) is 15.9. The van der Waals surface area contributed by atoms with Crippen molar-refractivity contribution >= 4 is 5.91 Å². The first-order valence-electron chi connectivity index (χ1n) is 10.2. The fourth-order valence-electron chi connectivity index (χ4n) is 4.61. The SMILES string of the molecule is CCOC[C@H]1CCN(CC2CC2)C2(C1)CN(C(=O)Cc1ccccn1)C2. The molecule has 1 spiro atoms. The molecule has 142 valence electrons. The second-order valence-electron chi connectivity index (χ2n) is 8.38. The van der Waals surface area contributed by atoms with Gasteiger partial charge in [-0.3, -0.25) is 14.7 Å². The minimum Gasteiger partial charge on any atom is -0.381 e. The Balaban J connectivity index is 1.37. The van der Waals surface area contributed by atoms with E-state index in [4.69, 9.17) is 4.74 Å². The van der Waals surface area contributed by atoms with Crippen LogP contribution < -0.4 is 0 Å². The summed E-state index contributed by atoms with van der Waals surface area (Å²) in [4.78, 5) is 21.7. The molecule has 3 heterocycles. The first kappa shape index (κ1) is 17.9. The lowest BCUT2D eigenvalue weighted by atomic mass is 9.74. The lowest BCUT2D eigenvalue weighted by Gasteiger charge is -2.59. The molecule has 5 nitrogen and oxygen atoms in total. The van der Waals surface area contributed by atoms with Gasteiger partial charge in [0.15, 0.2) is 0 Å². The minimum absolute atomic E-state index is 0.197. The summed E-state index contributed by atoms with van der Waals surface area (Å²) in [6.07, 6.45) is 7.36. The number of rotatable bonds is 7. The highest BCUT2D eigenvalue weighted by molar-refractivity contribution is 5.79. The van der Waals surface area contributed by atoms with Crippen molar-refractivity contribution in [1.29, 1.82) is 0 Å². The van der Waals surface area contributed by atoms with E-state index in [1.54, 1.807) is 6.20 Å². The summed E-state index contributed by atoms with van der Waals surface area (Å²) in [6, 6.07) is 5.78. The van der Waals surface area contributed by atoms with Gasteiger partial charge in [-0.2, -0.15) is 0 Å². The van der Waals surface area contributed by atoms with E-state index in [-0.39, 0.29) is 11.4 Å². The van der Waals surface area contributed by atoms with Gasteiger partial charge in [0.05, 0.1) is 12.0 Å². The smallest absolute Gasteiger partial charge is 0.228 e. The largest absolute Gasteiger partial charge is 0.381 e. The molecule has 26 heavy (non-hydrogen) atoms. The van der Waals surface area contributed by atoms with Crippen LogP contribution >= 0.6 is 0 Å². The molecule has 4 rings (SSSR count). The first-order valence-corrected chi connectivity index (χ1v) is 10.2. The molecule has 1 aromatic heterocycles. The summed E-state index contributed by atoms with van der Waals surface area (Å²) in [5.41, 5.74) is 1.06. The Bertz CT molecular complexity index is 611. The molecule has 0 unspecified atom stereocenters. The maximum atomic E-state index is 12.7. The molecule has 1 amide bonds. The lowest BCUT2D eigenvalue weighted by Crippen LogP contribution is -2.73. The third kappa shape index (κ3) is 3.94. The molecule has 1 atom stereocenters. The number of hydrogen-bond acceptors (Lipinski definition) is 4. The van der Waals surface area contributed by atoms with Gasteiger partial charge in [-0.25, -0.2) is 0 Å². The molecule has 5 heteroatoms. The number of pyridine rings is 1. The van der Waals surface area contributed by atoms with Crippen LogP contribution in [0, 0.1) is 11.8 Å². The molecular formula is C21H31N3O2. The van der Waals surface area contributed by atoms with Crippen LogP contribution in [0.25, 0.3) is 0 Å². The van der Waals surface area contributed by atoms with Crippen molar-refractivity contribution < 1.29 is 9.53 Å². The highest BCUT2D eigenvalue weighted by Gasteiger charge is 2.52. The monoisotopic (exact) mass is 357 g/mol. The van der Waals surface area contributed by atoms with Gasteiger partial charge in [-0.05, 0) is 63.1 Å². The quantitative estimate of drug-likeness (QED) is 0.752. The van der Waals surface area contributed by atoms with Crippen molar-refractivity contribution in [3.63, 3.8) is 0 Å². The van der Waals surface area contributed by atoms with Gasteiger partial charge in [0.2, 0.25) is 5.91 Å². The molecule has 0 aromatic carbocycles. The van der Waals surface area contributed by atoms with Crippen molar-refractivity contribution in [2.75, 3.05) is 39.4 Å². The Hall–Kier alpha value is -1.46. The van der Waals surface area contributed by atoms with Gasteiger partial charge in [0.1, 0.15) is 0 Å². The van der Waals surface area contributed by atoms with Crippen LogP contribution in [-0.2, 0) is 16.0 Å². The molecular weight excluding hydrogens is 326 g/mol. The number of aromatic nitrogens is 1. The zero-order chi connectivity index (χ0) is 18.0. The second-order valence-corrected chi connectivity index (χ2v) is 8.38. The van der Waals surface area contributed by atoms with Gasteiger partial charge in [-0.15, -0.1) is 0 Å². The molecule has 3 fully saturated rings. The van der Waals surface area contributed by atoms with Crippen molar-refractivity contribution in [1.82, 2.24) is 14.8 Å². The van der Waals surface area contributed by atoms with Gasteiger partial charge in [-0.1, -0.05) is 6.07 Å². The van der Waals surface area contributed by atoms with Crippen LogP contribution in [0.15, 0.2) is 24.4 Å². The highest BCUT2D eigenvalue weighted by atomic mass is 16.5. The maximum absolute atomic E-state index is 12.7. The Kier molecular flexibility index (Phi) is 5.28. The van der Waals surface area contributed by atoms with Gasteiger partial charge in [0.25, 0.3) is 0 Å². The number of carbonyl (C=O) groups is 1. The Morgan fingerprint density at radius 3 is 2.81 bits per heavy atom. The number of nitrogens with zero attached hydrogens (tertiary/aromatic N) is 3. The summed E-state index contributed by atoms with van der Waals surface area (Å²) in [5, 5.41) is 0. The van der Waals surface area contributed by atoms with E-state index in [1.807, 2.05) is 23.1 Å². The van der Waals surface area contributed by atoms with Crippen LogP contribution in [0.5, 0.6) is 0 Å². The normalized spacial score (nSPS) is 25.3. The average molecular weight is 357 g/mol. The van der Waals surface area contributed by atoms with Crippen molar-refractivity contribution in [2.45, 2.75) is 44.6 Å². The molecule has 0 radical (unpaired) electrons. The number of likely N-dealkylation sites (tertiary alicyclic amines) is 2. The fourth-order valence-corrected chi connectivity index (χ4v) is 4.61. The highest BCUT2D eigenvalue weighted by Crippen LogP contribution is 2.42. The van der Waals surface area contributed by atoms with E-state index >= 15 is 0 Å². The van der Waals surface area contributed by atoms with Crippen LogP contribution in [0.2, 0.25) is 0 Å². The number of ether oxygens (including phenoxy) is 1. The fraction of sp³-hybridized carbons (Fsp3) is 0.714. The summed E-state index contributed by atoms with van der Waals surface area (Å²) in [6.45, 7) is 7.89. The van der Waals surface area contributed by atoms with E-state index in [0.29, 0.717) is 12.3 Å². The molecule has 3 aliphatic rings. The lowest BCUT2D eigenvalue weighted by molar-refractivity contribution is -0.153. The van der Waals surface area contributed by atoms with Crippen LogP contribution in [0.3, 0.4) is 0 Å². The summed E-state index contributed by atoms with van der Waals surface area (Å²) < 4.78 is 5.71. The molecule has 1 saturated carbocycles. The minimum atomic E-state index is 0.197.